The highest BCUT2D eigenvalue weighted by molar-refractivity contribution is 5.97. The molecule has 1 aromatic heterocycles. The number of nitrogens with zero attached hydrogens (tertiary/aromatic N) is 3. The number of ether oxygens (including phenoxy) is 2. The summed E-state index contributed by atoms with van der Waals surface area (Å²) in [6, 6.07) is 15.1. The zero-order valence-corrected chi connectivity index (χ0v) is 16.5. The SMILES string of the molecule is CCCOc1ccc(-c2noc(C3CC(=O)N(c4ccccc4OC)C3)n2)cc1. The molecule has 1 aliphatic rings. The van der Waals surface area contributed by atoms with Gasteiger partial charge in [-0.05, 0) is 42.8 Å². The van der Waals surface area contributed by atoms with Crippen LogP contribution in [0.5, 0.6) is 11.5 Å². The number of carbonyl (C=O) groups excluding carboxylic acids is 1. The van der Waals surface area contributed by atoms with Crippen molar-refractivity contribution in [2.75, 3.05) is 25.2 Å². The summed E-state index contributed by atoms with van der Waals surface area (Å²) >= 11 is 0. The van der Waals surface area contributed by atoms with Crippen molar-refractivity contribution in [3.05, 3.63) is 54.4 Å². The fourth-order valence-corrected chi connectivity index (χ4v) is 3.40. The molecule has 2 aromatic carbocycles. The Morgan fingerprint density at radius 2 is 1.97 bits per heavy atom. The van der Waals surface area contributed by atoms with Crippen LogP contribution in [-0.2, 0) is 4.79 Å². The van der Waals surface area contributed by atoms with Crippen molar-refractivity contribution in [3.63, 3.8) is 0 Å². The Morgan fingerprint density at radius 1 is 1.17 bits per heavy atom. The smallest absolute Gasteiger partial charge is 0.232 e. The van der Waals surface area contributed by atoms with Crippen molar-refractivity contribution in [1.29, 1.82) is 0 Å². The van der Waals surface area contributed by atoms with Gasteiger partial charge in [0.25, 0.3) is 0 Å². The van der Waals surface area contributed by atoms with E-state index in [4.69, 9.17) is 14.0 Å². The molecule has 7 nitrogen and oxygen atoms in total. The van der Waals surface area contributed by atoms with Crippen molar-refractivity contribution >= 4 is 11.6 Å². The minimum atomic E-state index is -0.152. The van der Waals surface area contributed by atoms with Crippen LogP contribution < -0.4 is 14.4 Å². The molecule has 0 saturated carbocycles. The van der Waals surface area contributed by atoms with Gasteiger partial charge in [-0.2, -0.15) is 4.98 Å². The lowest BCUT2D eigenvalue weighted by atomic mass is 10.1. The van der Waals surface area contributed by atoms with E-state index in [2.05, 4.69) is 17.1 Å². The molecule has 2 heterocycles. The molecular formula is C22H23N3O4. The lowest BCUT2D eigenvalue weighted by Crippen LogP contribution is -2.24. The summed E-state index contributed by atoms with van der Waals surface area (Å²) in [5, 5.41) is 4.10. The third kappa shape index (κ3) is 3.94. The Balaban J connectivity index is 1.49. The van der Waals surface area contributed by atoms with Crippen molar-refractivity contribution in [2.45, 2.75) is 25.7 Å². The quantitative estimate of drug-likeness (QED) is 0.603. The van der Waals surface area contributed by atoms with E-state index in [0.717, 1.165) is 23.4 Å². The minimum Gasteiger partial charge on any atom is -0.495 e. The van der Waals surface area contributed by atoms with Crippen molar-refractivity contribution < 1.29 is 18.8 Å². The number of benzene rings is 2. The first-order valence-corrected chi connectivity index (χ1v) is 9.69. The van der Waals surface area contributed by atoms with Gasteiger partial charge in [-0.1, -0.05) is 24.2 Å². The first-order chi connectivity index (χ1) is 14.2. The number of aromatic nitrogens is 2. The fourth-order valence-electron chi connectivity index (χ4n) is 3.40. The first kappa shape index (κ1) is 19.0. The lowest BCUT2D eigenvalue weighted by molar-refractivity contribution is -0.117. The van der Waals surface area contributed by atoms with E-state index in [1.165, 1.54) is 0 Å². The summed E-state index contributed by atoms with van der Waals surface area (Å²) in [6.07, 6.45) is 1.28. The fraction of sp³-hybridized carbons (Fsp3) is 0.318. The molecule has 0 spiro atoms. The highest BCUT2D eigenvalue weighted by Gasteiger charge is 2.36. The summed E-state index contributed by atoms with van der Waals surface area (Å²) in [4.78, 5) is 18.8. The zero-order chi connectivity index (χ0) is 20.2. The van der Waals surface area contributed by atoms with Crippen LogP contribution >= 0.6 is 0 Å². The van der Waals surface area contributed by atoms with Gasteiger partial charge in [-0.15, -0.1) is 0 Å². The van der Waals surface area contributed by atoms with Gasteiger partial charge in [-0.25, -0.2) is 0 Å². The monoisotopic (exact) mass is 393 g/mol. The Bertz CT molecular complexity index is 984. The summed E-state index contributed by atoms with van der Waals surface area (Å²) < 4.78 is 16.5. The molecule has 7 heteroatoms. The number of hydrogen-bond acceptors (Lipinski definition) is 6. The highest BCUT2D eigenvalue weighted by Crippen LogP contribution is 2.36. The Kier molecular flexibility index (Phi) is 5.46. The molecule has 1 atom stereocenters. The van der Waals surface area contributed by atoms with Crippen LogP contribution in [0.1, 0.15) is 31.6 Å². The predicted octanol–water partition coefficient (Wildman–Crippen LogP) is 4.05. The number of hydrogen-bond donors (Lipinski definition) is 0. The first-order valence-electron chi connectivity index (χ1n) is 9.69. The van der Waals surface area contributed by atoms with E-state index in [0.29, 0.717) is 37.0 Å². The van der Waals surface area contributed by atoms with Crippen molar-refractivity contribution in [3.8, 4) is 22.9 Å². The maximum absolute atomic E-state index is 12.6. The van der Waals surface area contributed by atoms with Crippen LogP contribution in [-0.4, -0.2) is 36.3 Å². The zero-order valence-electron chi connectivity index (χ0n) is 16.5. The second-order valence-corrected chi connectivity index (χ2v) is 6.91. The standard InChI is InChI=1S/C22H23N3O4/c1-3-12-28-17-10-8-15(9-11-17)21-23-22(29-24-21)16-13-20(26)25(14-16)18-6-4-5-7-19(18)27-2/h4-11,16H,3,12-14H2,1-2H3. The van der Waals surface area contributed by atoms with Gasteiger partial charge in [-0.3, -0.25) is 4.79 Å². The molecule has 150 valence electrons. The van der Waals surface area contributed by atoms with E-state index < -0.39 is 0 Å². The molecule has 1 unspecified atom stereocenters. The molecule has 1 aliphatic heterocycles. The highest BCUT2D eigenvalue weighted by atomic mass is 16.5. The number of amides is 1. The second kappa shape index (κ2) is 8.34. The van der Waals surface area contributed by atoms with Gasteiger partial charge in [0, 0.05) is 18.5 Å². The van der Waals surface area contributed by atoms with Gasteiger partial charge in [0.05, 0.1) is 25.3 Å². The third-order valence-corrected chi connectivity index (χ3v) is 4.88. The molecule has 1 amide bonds. The average molecular weight is 393 g/mol. The van der Waals surface area contributed by atoms with Gasteiger partial charge in [0.1, 0.15) is 11.5 Å². The Morgan fingerprint density at radius 3 is 2.72 bits per heavy atom. The summed E-state index contributed by atoms with van der Waals surface area (Å²) in [7, 11) is 1.60. The van der Waals surface area contributed by atoms with Crippen LogP contribution in [0.4, 0.5) is 5.69 Å². The number of anilines is 1. The second-order valence-electron chi connectivity index (χ2n) is 6.91. The number of methoxy groups -OCH3 is 1. The van der Waals surface area contributed by atoms with Gasteiger partial charge in [0.2, 0.25) is 17.6 Å². The topological polar surface area (TPSA) is 77.7 Å². The van der Waals surface area contributed by atoms with Crippen molar-refractivity contribution in [2.24, 2.45) is 0 Å². The Labute approximate surface area is 169 Å². The van der Waals surface area contributed by atoms with E-state index in [1.807, 2.05) is 48.5 Å². The van der Waals surface area contributed by atoms with E-state index in [1.54, 1.807) is 12.0 Å². The molecule has 29 heavy (non-hydrogen) atoms. The van der Waals surface area contributed by atoms with Crippen LogP contribution in [0, 0.1) is 0 Å². The average Bonchev–Trinajstić information content (AvgIpc) is 3.39. The maximum atomic E-state index is 12.6. The van der Waals surface area contributed by atoms with Crippen LogP contribution in [0.25, 0.3) is 11.4 Å². The predicted molar refractivity (Wildman–Crippen MR) is 108 cm³/mol. The maximum Gasteiger partial charge on any atom is 0.232 e. The van der Waals surface area contributed by atoms with Gasteiger partial charge < -0.3 is 18.9 Å². The molecule has 0 bridgehead atoms. The molecule has 0 radical (unpaired) electrons. The van der Waals surface area contributed by atoms with Crippen LogP contribution in [0.15, 0.2) is 53.1 Å². The molecule has 1 fully saturated rings. The van der Waals surface area contributed by atoms with Gasteiger partial charge >= 0.3 is 0 Å². The molecular weight excluding hydrogens is 370 g/mol. The van der Waals surface area contributed by atoms with E-state index >= 15 is 0 Å². The largest absolute Gasteiger partial charge is 0.495 e. The molecule has 1 saturated heterocycles. The number of para-hydroxylation sites is 2. The minimum absolute atomic E-state index is 0.0108. The summed E-state index contributed by atoms with van der Waals surface area (Å²) in [6.45, 7) is 3.23. The molecule has 3 aromatic rings. The van der Waals surface area contributed by atoms with Gasteiger partial charge in [0.15, 0.2) is 0 Å². The molecule has 0 N–H and O–H groups in total. The third-order valence-electron chi connectivity index (χ3n) is 4.88. The lowest BCUT2D eigenvalue weighted by Gasteiger charge is -2.18. The normalized spacial score (nSPS) is 16.3. The Hall–Kier alpha value is -3.35. The number of carbonyl (C=O) groups is 1. The molecule has 0 aliphatic carbocycles. The summed E-state index contributed by atoms with van der Waals surface area (Å²) in [5.74, 6) is 2.31. The van der Waals surface area contributed by atoms with Crippen molar-refractivity contribution in [1.82, 2.24) is 10.1 Å². The van der Waals surface area contributed by atoms with Crippen LogP contribution in [0.2, 0.25) is 0 Å². The van der Waals surface area contributed by atoms with E-state index in [9.17, 15) is 4.79 Å². The summed E-state index contributed by atoms with van der Waals surface area (Å²) in [5.41, 5.74) is 1.60. The molecule has 4 rings (SSSR count). The van der Waals surface area contributed by atoms with E-state index in [-0.39, 0.29) is 11.8 Å². The van der Waals surface area contributed by atoms with Crippen LogP contribution in [0.3, 0.4) is 0 Å². The number of rotatable bonds is 7.